The second-order valence-electron chi connectivity index (χ2n) is 6.50. The maximum Gasteiger partial charge on any atom is 0.417 e. The number of benzene rings is 3. The van der Waals surface area contributed by atoms with Gasteiger partial charge in [0.2, 0.25) is 0 Å². The van der Waals surface area contributed by atoms with Crippen LogP contribution in [0.2, 0.25) is 0 Å². The van der Waals surface area contributed by atoms with Crippen LogP contribution in [-0.4, -0.2) is 10.2 Å². The summed E-state index contributed by atoms with van der Waals surface area (Å²) in [6, 6.07) is 23.8. The fraction of sp³-hybridized carbons (Fsp3) is 0.0870. The molecule has 0 unspecified atom stereocenters. The molecule has 4 rings (SSSR count). The molecule has 0 amide bonds. The predicted octanol–water partition coefficient (Wildman–Crippen LogP) is 6.34. The van der Waals surface area contributed by atoms with Crippen molar-refractivity contribution < 1.29 is 17.9 Å². The molecule has 0 saturated heterocycles. The normalized spacial score (nSPS) is 11.4. The molecule has 3 nitrogen and oxygen atoms in total. The Balaban J connectivity index is 1.52. The van der Waals surface area contributed by atoms with Gasteiger partial charge in [-0.05, 0) is 35.4 Å². The number of H-pyrrole nitrogens is 1. The Morgan fingerprint density at radius 1 is 0.793 bits per heavy atom. The van der Waals surface area contributed by atoms with E-state index in [-0.39, 0.29) is 12.2 Å². The van der Waals surface area contributed by atoms with Crippen LogP contribution in [0.25, 0.3) is 22.4 Å². The standard InChI is InChI=1S/C23H17F3N2O/c24-23(25,26)21-12-5-4-11-20(21)17-9-6-10-19(13-17)29-15-18-14-22(28-27-18)16-7-2-1-3-8-16/h1-14H,15H2,(H,27,28). The van der Waals surface area contributed by atoms with E-state index in [1.54, 1.807) is 30.3 Å². The first-order valence-electron chi connectivity index (χ1n) is 9.00. The lowest BCUT2D eigenvalue weighted by atomic mass is 9.99. The van der Waals surface area contributed by atoms with Crippen LogP contribution in [0.15, 0.2) is 84.9 Å². The number of ether oxygens (including phenoxy) is 1. The number of hydrogen-bond donors (Lipinski definition) is 1. The van der Waals surface area contributed by atoms with Crippen LogP contribution >= 0.6 is 0 Å². The Bertz CT molecular complexity index is 1100. The van der Waals surface area contributed by atoms with E-state index in [1.807, 2.05) is 36.4 Å². The third-order valence-electron chi connectivity index (χ3n) is 4.47. The van der Waals surface area contributed by atoms with Crippen LogP contribution in [0.1, 0.15) is 11.3 Å². The fourth-order valence-corrected chi connectivity index (χ4v) is 3.09. The Morgan fingerprint density at radius 2 is 1.52 bits per heavy atom. The van der Waals surface area contributed by atoms with Crippen molar-refractivity contribution in [2.24, 2.45) is 0 Å². The molecule has 1 N–H and O–H groups in total. The molecule has 0 saturated carbocycles. The highest BCUT2D eigenvalue weighted by atomic mass is 19.4. The maximum absolute atomic E-state index is 13.3. The van der Waals surface area contributed by atoms with Crippen LogP contribution in [0, 0.1) is 0 Å². The molecule has 146 valence electrons. The Kier molecular flexibility index (Phi) is 5.08. The molecule has 0 aliphatic rings. The third kappa shape index (κ3) is 4.32. The maximum atomic E-state index is 13.3. The van der Waals surface area contributed by atoms with Gasteiger partial charge in [-0.3, -0.25) is 5.10 Å². The summed E-state index contributed by atoms with van der Waals surface area (Å²) in [5.41, 5.74) is 2.46. The first kappa shape index (κ1) is 18.8. The first-order valence-corrected chi connectivity index (χ1v) is 9.00. The quantitative estimate of drug-likeness (QED) is 0.429. The van der Waals surface area contributed by atoms with Crippen LogP contribution < -0.4 is 4.74 Å². The molecule has 0 atom stereocenters. The number of aromatic amines is 1. The van der Waals surface area contributed by atoms with Crippen molar-refractivity contribution >= 4 is 0 Å². The van der Waals surface area contributed by atoms with Crippen LogP contribution in [-0.2, 0) is 12.8 Å². The van der Waals surface area contributed by atoms with Gasteiger partial charge in [0.1, 0.15) is 12.4 Å². The number of hydrogen-bond acceptors (Lipinski definition) is 2. The highest BCUT2D eigenvalue weighted by Gasteiger charge is 2.33. The van der Waals surface area contributed by atoms with E-state index >= 15 is 0 Å². The summed E-state index contributed by atoms with van der Waals surface area (Å²) in [5, 5.41) is 7.20. The number of nitrogens with zero attached hydrogens (tertiary/aromatic N) is 1. The third-order valence-corrected chi connectivity index (χ3v) is 4.47. The van der Waals surface area contributed by atoms with Crippen molar-refractivity contribution in [3.63, 3.8) is 0 Å². The minimum atomic E-state index is -4.42. The van der Waals surface area contributed by atoms with Gasteiger partial charge in [0.05, 0.1) is 17.0 Å². The second kappa shape index (κ2) is 7.83. The molecule has 1 aromatic heterocycles. The predicted molar refractivity (Wildman–Crippen MR) is 105 cm³/mol. The van der Waals surface area contributed by atoms with Crippen molar-refractivity contribution in [1.82, 2.24) is 10.2 Å². The Hall–Kier alpha value is -3.54. The molecule has 6 heteroatoms. The number of rotatable bonds is 5. The van der Waals surface area contributed by atoms with E-state index in [2.05, 4.69) is 10.2 Å². The van der Waals surface area contributed by atoms with Crippen molar-refractivity contribution in [2.75, 3.05) is 0 Å². The number of aromatic nitrogens is 2. The van der Waals surface area contributed by atoms with Crippen molar-refractivity contribution in [1.29, 1.82) is 0 Å². The molecule has 0 fully saturated rings. The van der Waals surface area contributed by atoms with Gasteiger partial charge in [-0.2, -0.15) is 18.3 Å². The summed E-state index contributed by atoms with van der Waals surface area (Å²) < 4.78 is 45.7. The van der Waals surface area contributed by atoms with Gasteiger partial charge < -0.3 is 4.74 Å². The molecule has 3 aromatic carbocycles. The molecule has 4 aromatic rings. The van der Waals surface area contributed by atoms with Gasteiger partial charge >= 0.3 is 6.18 Å². The highest BCUT2D eigenvalue weighted by Crippen LogP contribution is 2.37. The summed E-state index contributed by atoms with van der Waals surface area (Å²) in [7, 11) is 0. The van der Waals surface area contributed by atoms with Crippen molar-refractivity contribution in [2.45, 2.75) is 12.8 Å². The van der Waals surface area contributed by atoms with Gasteiger partial charge in [-0.25, -0.2) is 0 Å². The van der Waals surface area contributed by atoms with Gasteiger partial charge in [0, 0.05) is 5.56 Å². The average molecular weight is 394 g/mol. The van der Waals surface area contributed by atoms with Crippen LogP contribution in [0.3, 0.4) is 0 Å². The SMILES string of the molecule is FC(F)(F)c1ccccc1-c1cccc(OCc2cc(-c3ccccc3)n[nH]2)c1. The van der Waals surface area contributed by atoms with Gasteiger partial charge in [-0.15, -0.1) is 0 Å². The number of halogens is 3. The molecule has 0 bridgehead atoms. The minimum absolute atomic E-state index is 0.123. The van der Waals surface area contributed by atoms with Crippen molar-refractivity contribution in [3.05, 3.63) is 96.2 Å². The van der Waals surface area contributed by atoms with Gasteiger partial charge in [0.25, 0.3) is 0 Å². The monoisotopic (exact) mass is 394 g/mol. The lowest BCUT2D eigenvalue weighted by molar-refractivity contribution is -0.137. The summed E-state index contributed by atoms with van der Waals surface area (Å²) in [6.45, 7) is 0.226. The zero-order chi connectivity index (χ0) is 20.3. The topological polar surface area (TPSA) is 37.9 Å². The zero-order valence-electron chi connectivity index (χ0n) is 15.3. The number of alkyl halides is 3. The molecule has 0 aliphatic carbocycles. The van der Waals surface area contributed by atoms with E-state index in [0.29, 0.717) is 11.3 Å². The van der Waals surface area contributed by atoms with E-state index in [1.165, 1.54) is 12.1 Å². The summed E-state index contributed by atoms with van der Waals surface area (Å²) in [4.78, 5) is 0. The molecule has 1 heterocycles. The Morgan fingerprint density at radius 3 is 2.31 bits per heavy atom. The highest BCUT2D eigenvalue weighted by molar-refractivity contribution is 5.69. The molecule has 0 spiro atoms. The minimum Gasteiger partial charge on any atom is -0.487 e. The van der Waals surface area contributed by atoms with E-state index in [4.69, 9.17) is 4.74 Å². The largest absolute Gasteiger partial charge is 0.487 e. The lowest BCUT2D eigenvalue weighted by Gasteiger charge is -2.13. The smallest absolute Gasteiger partial charge is 0.417 e. The molecule has 0 radical (unpaired) electrons. The zero-order valence-corrected chi connectivity index (χ0v) is 15.3. The first-order chi connectivity index (χ1) is 14.0. The summed E-state index contributed by atoms with van der Waals surface area (Å²) in [5.74, 6) is 0.482. The van der Waals surface area contributed by atoms with E-state index < -0.39 is 11.7 Å². The summed E-state index contributed by atoms with van der Waals surface area (Å²) in [6.07, 6.45) is -4.42. The molecule has 29 heavy (non-hydrogen) atoms. The second-order valence-corrected chi connectivity index (χ2v) is 6.50. The fourth-order valence-electron chi connectivity index (χ4n) is 3.09. The molecular weight excluding hydrogens is 377 g/mol. The van der Waals surface area contributed by atoms with E-state index in [9.17, 15) is 13.2 Å². The van der Waals surface area contributed by atoms with Gasteiger partial charge in [-0.1, -0.05) is 60.7 Å². The number of nitrogens with one attached hydrogen (secondary N) is 1. The lowest BCUT2D eigenvalue weighted by Crippen LogP contribution is -2.06. The molecule has 0 aliphatic heterocycles. The van der Waals surface area contributed by atoms with Crippen LogP contribution in [0.4, 0.5) is 13.2 Å². The van der Waals surface area contributed by atoms with Crippen LogP contribution in [0.5, 0.6) is 5.75 Å². The Labute approximate surface area is 165 Å². The van der Waals surface area contributed by atoms with E-state index in [0.717, 1.165) is 23.0 Å². The summed E-state index contributed by atoms with van der Waals surface area (Å²) >= 11 is 0. The van der Waals surface area contributed by atoms with Crippen molar-refractivity contribution in [3.8, 4) is 28.1 Å². The van der Waals surface area contributed by atoms with Gasteiger partial charge in [0.15, 0.2) is 0 Å². The average Bonchev–Trinajstić information content (AvgIpc) is 3.22. The molecular formula is C23H17F3N2O.